The first-order valence-corrected chi connectivity index (χ1v) is 12.9. The second-order valence-electron chi connectivity index (χ2n) is 7.10. The minimum absolute atomic E-state index is 0.112. The standard InChI is InChI=1S/C23H22N4O3S3/c1-4-30-22(29)19-18(15-9-7-13(2)8-10-15)14(3)33-21(19)24-17(28)12-32-23-25-20(26-27-23)16-6-5-11-31-16/h5-11H,4,12H2,1-3H3,(H,24,28)(H,25,26,27). The molecule has 2 N–H and O–H groups in total. The highest BCUT2D eigenvalue weighted by Crippen LogP contribution is 2.40. The number of benzene rings is 1. The van der Waals surface area contributed by atoms with Crippen LogP contribution in [0, 0.1) is 13.8 Å². The summed E-state index contributed by atoms with van der Waals surface area (Å²) >= 11 is 4.16. The first kappa shape index (κ1) is 23.2. The van der Waals surface area contributed by atoms with Gasteiger partial charge in [0.2, 0.25) is 11.1 Å². The lowest BCUT2D eigenvalue weighted by atomic mass is 10.0. The summed E-state index contributed by atoms with van der Waals surface area (Å²) in [6.07, 6.45) is 0. The molecule has 0 aliphatic heterocycles. The van der Waals surface area contributed by atoms with Crippen LogP contribution >= 0.6 is 34.4 Å². The zero-order chi connectivity index (χ0) is 23.4. The predicted molar refractivity (Wildman–Crippen MR) is 134 cm³/mol. The summed E-state index contributed by atoms with van der Waals surface area (Å²) in [5.74, 6) is 0.0923. The average molecular weight is 499 g/mol. The van der Waals surface area contributed by atoms with Gasteiger partial charge in [-0.25, -0.2) is 9.78 Å². The number of amides is 1. The molecular weight excluding hydrogens is 476 g/mol. The molecule has 4 rings (SSSR count). The highest BCUT2D eigenvalue weighted by atomic mass is 32.2. The summed E-state index contributed by atoms with van der Waals surface area (Å²) in [5, 5.41) is 12.9. The monoisotopic (exact) mass is 498 g/mol. The van der Waals surface area contributed by atoms with Crippen LogP contribution in [0.5, 0.6) is 0 Å². The Hall–Kier alpha value is -2.95. The number of H-pyrrole nitrogens is 1. The molecule has 0 aliphatic carbocycles. The van der Waals surface area contributed by atoms with Crippen LogP contribution in [0.3, 0.4) is 0 Å². The molecular formula is C23H22N4O3S3. The number of ether oxygens (including phenoxy) is 1. The number of aromatic amines is 1. The van der Waals surface area contributed by atoms with Gasteiger partial charge in [-0.1, -0.05) is 47.7 Å². The van der Waals surface area contributed by atoms with Gasteiger partial charge < -0.3 is 10.1 Å². The maximum atomic E-state index is 12.8. The summed E-state index contributed by atoms with van der Waals surface area (Å²) in [5.41, 5.74) is 3.22. The predicted octanol–water partition coefficient (Wildman–Crippen LogP) is 5.79. The zero-order valence-electron chi connectivity index (χ0n) is 18.3. The Balaban J connectivity index is 1.52. The number of carbonyl (C=O) groups is 2. The fourth-order valence-electron chi connectivity index (χ4n) is 3.23. The largest absolute Gasteiger partial charge is 0.462 e. The maximum absolute atomic E-state index is 12.8. The third-order valence-electron chi connectivity index (χ3n) is 4.71. The second-order valence-corrected chi connectivity index (χ2v) is 10.2. The first-order valence-electron chi connectivity index (χ1n) is 10.2. The van der Waals surface area contributed by atoms with Gasteiger partial charge in [-0.2, -0.15) is 0 Å². The summed E-state index contributed by atoms with van der Waals surface area (Å²) in [4.78, 5) is 31.9. The Kier molecular flexibility index (Phi) is 7.26. The molecule has 0 atom stereocenters. The van der Waals surface area contributed by atoms with Crippen LogP contribution in [0.15, 0.2) is 46.9 Å². The van der Waals surface area contributed by atoms with Crippen molar-refractivity contribution < 1.29 is 14.3 Å². The van der Waals surface area contributed by atoms with E-state index >= 15 is 0 Å². The van der Waals surface area contributed by atoms with Crippen molar-refractivity contribution >= 4 is 51.3 Å². The van der Waals surface area contributed by atoms with E-state index in [0.29, 0.717) is 21.5 Å². The summed E-state index contributed by atoms with van der Waals surface area (Å²) in [6, 6.07) is 11.8. The van der Waals surface area contributed by atoms with E-state index in [1.807, 2.05) is 55.6 Å². The fraction of sp³-hybridized carbons (Fsp3) is 0.217. The highest BCUT2D eigenvalue weighted by molar-refractivity contribution is 7.99. The number of nitrogens with one attached hydrogen (secondary N) is 2. The van der Waals surface area contributed by atoms with Gasteiger partial charge in [-0.3, -0.25) is 9.89 Å². The van der Waals surface area contributed by atoms with Crippen LogP contribution in [0.2, 0.25) is 0 Å². The van der Waals surface area contributed by atoms with Gasteiger partial charge in [0.1, 0.15) is 10.6 Å². The van der Waals surface area contributed by atoms with Crippen molar-refractivity contribution in [3.8, 4) is 21.8 Å². The lowest BCUT2D eigenvalue weighted by molar-refractivity contribution is -0.113. The highest BCUT2D eigenvalue weighted by Gasteiger charge is 2.25. The number of nitrogens with zero attached hydrogens (tertiary/aromatic N) is 2. The fourth-order valence-corrected chi connectivity index (χ4v) is 5.57. The molecule has 0 saturated carbocycles. The number of thioether (sulfide) groups is 1. The van der Waals surface area contributed by atoms with Gasteiger partial charge in [0.15, 0.2) is 5.82 Å². The number of anilines is 1. The number of carbonyl (C=O) groups excluding carboxylic acids is 2. The SMILES string of the molecule is CCOC(=O)c1c(NC(=O)CSc2n[nH]c(-c3cccs3)n2)sc(C)c1-c1ccc(C)cc1. The molecule has 0 radical (unpaired) electrons. The molecule has 1 aromatic carbocycles. The molecule has 4 aromatic rings. The quantitative estimate of drug-likeness (QED) is 0.236. The van der Waals surface area contributed by atoms with Crippen molar-refractivity contribution in [1.82, 2.24) is 15.2 Å². The van der Waals surface area contributed by atoms with Gasteiger partial charge in [0.05, 0.1) is 17.2 Å². The van der Waals surface area contributed by atoms with E-state index in [-0.39, 0.29) is 18.3 Å². The number of aryl methyl sites for hydroxylation is 2. The van der Waals surface area contributed by atoms with Crippen molar-refractivity contribution in [3.63, 3.8) is 0 Å². The van der Waals surface area contributed by atoms with E-state index in [4.69, 9.17) is 4.74 Å². The van der Waals surface area contributed by atoms with E-state index in [2.05, 4.69) is 20.5 Å². The van der Waals surface area contributed by atoms with Crippen LogP contribution in [0.25, 0.3) is 21.8 Å². The van der Waals surface area contributed by atoms with E-state index in [9.17, 15) is 9.59 Å². The Morgan fingerprint density at radius 3 is 2.67 bits per heavy atom. The molecule has 0 bridgehead atoms. The second kappa shape index (κ2) is 10.3. The molecule has 1 amide bonds. The molecule has 170 valence electrons. The molecule has 3 aromatic heterocycles. The van der Waals surface area contributed by atoms with Crippen LogP contribution < -0.4 is 5.32 Å². The molecule has 7 nitrogen and oxygen atoms in total. The Morgan fingerprint density at radius 1 is 1.18 bits per heavy atom. The number of esters is 1. The molecule has 10 heteroatoms. The lowest BCUT2D eigenvalue weighted by Crippen LogP contribution is -2.16. The van der Waals surface area contributed by atoms with Crippen molar-refractivity contribution in [2.24, 2.45) is 0 Å². The van der Waals surface area contributed by atoms with Gasteiger partial charge >= 0.3 is 5.97 Å². The average Bonchev–Trinajstić information content (AvgIpc) is 3.53. The van der Waals surface area contributed by atoms with Crippen LogP contribution in [0.4, 0.5) is 5.00 Å². The van der Waals surface area contributed by atoms with Crippen LogP contribution in [0.1, 0.15) is 27.7 Å². The number of rotatable bonds is 8. The van der Waals surface area contributed by atoms with E-state index in [1.165, 1.54) is 23.1 Å². The number of hydrogen-bond acceptors (Lipinski definition) is 8. The van der Waals surface area contributed by atoms with Crippen molar-refractivity contribution in [3.05, 3.63) is 57.8 Å². The Bertz CT molecular complexity index is 1260. The van der Waals surface area contributed by atoms with Gasteiger partial charge in [-0.15, -0.1) is 27.8 Å². The van der Waals surface area contributed by atoms with Crippen LogP contribution in [-0.2, 0) is 9.53 Å². The smallest absolute Gasteiger partial charge is 0.341 e. The van der Waals surface area contributed by atoms with Crippen molar-refractivity contribution in [1.29, 1.82) is 0 Å². The van der Waals surface area contributed by atoms with E-state index < -0.39 is 5.97 Å². The first-order chi connectivity index (χ1) is 16.0. The molecule has 0 unspecified atom stereocenters. The molecule has 0 saturated heterocycles. The lowest BCUT2D eigenvalue weighted by Gasteiger charge is -2.09. The van der Waals surface area contributed by atoms with E-state index in [1.54, 1.807) is 18.3 Å². The summed E-state index contributed by atoms with van der Waals surface area (Å²) < 4.78 is 5.30. The molecule has 0 fully saturated rings. The van der Waals surface area contributed by atoms with E-state index in [0.717, 1.165) is 26.4 Å². The number of aromatic nitrogens is 3. The molecule has 0 aliphatic rings. The van der Waals surface area contributed by atoms with Crippen molar-refractivity contribution in [2.75, 3.05) is 17.7 Å². The zero-order valence-corrected chi connectivity index (χ0v) is 20.7. The topological polar surface area (TPSA) is 97.0 Å². The normalized spacial score (nSPS) is 10.9. The number of thiophene rings is 2. The van der Waals surface area contributed by atoms with Crippen molar-refractivity contribution in [2.45, 2.75) is 25.9 Å². The maximum Gasteiger partial charge on any atom is 0.341 e. The molecule has 33 heavy (non-hydrogen) atoms. The summed E-state index contributed by atoms with van der Waals surface area (Å²) in [7, 11) is 0. The summed E-state index contributed by atoms with van der Waals surface area (Å²) in [6.45, 7) is 5.96. The molecule has 0 spiro atoms. The van der Waals surface area contributed by atoms with Gasteiger partial charge in [-0.05, 0) is 37.8 Å². The van der Waals surface area contributed by atoms with Gasteiger partial charge in [0, 0.05) is 10.4 Å². The molecule has 3 heterocycles. The Labute approximate surface area is 203 Å². The minimum Gasteiger partial charge on any atom is -0.462 e. The number of hydrogen-bond donors (Lipinski definition) is 2. The van der Waals surface area contributed by atoms with Gasteiger partial charge in [0.25, 0.3) is 0 Å². The third kappa shape index (κ3) is 5.35. The third-order valence-corrected chi connectivity index (χ3v) is 7.45. The Morgan fingerprint density at radius 2 is 1.97 bits per heavy atom. The minimum atomic E-state index is -0.449. The van der Waals surface area contributed by atoms with Crippen LogP contribution in [-0.4, -0.2) is 39.4 Å².